The van der Waals surface area contributed by atoms with E-state index in [1.165, 1.54) is 55.8 Å². The van der Waals surface area contributed by atoms with E-state index >= 15 is 0 Å². The van der Waals surface area contributed by atoms with Crippen LogP contribution in [-0.4, -0.2) is 11.1 Å². The number of hydrogen-bond acceptors (Lipinski definition) is 1. The standard InChI is InChI=1S/C21H31BrO/c1-20-11-8-19-17(18(20)6-4-14(20)9-12-22)5-3-15-13-16(23)7-10-21(15,19)2/h13-14,17-19H,3-12H2,1-2H3/t14?,17?,18?,19?,20?,21-/m0/s1. The highest BCUT2D eigenvalue weighted by Gasteiger charge is 2.58. The SMILES string of the molecule is CC12CCC3C(CCC4=CC(=O)CC[C@@]43C)C1CCC2CCBr. The molecule has 0 spiro atoms. The number of ketones is 1. The lowest BCUT2D eigenvalue weighted by molar-refractivity contribution is -0.117. The fourth-order valence-electron chi connectivity index (χ4n) is 7.27. The molecule has 4 rings (SSSR count). The van der Waals surface area contributed by atoms with Crippen molar-refractivity contribution < 1.29 is 4.79 Å². The van der Waals surface area contributed by atoms with Gasteiger partial charge in [-0.2, -0.15) is 0 Å². The van der Waals surface area contributed by atoms with E-state index in [1.54, 1.807) is 0 Å². The van der Waals surface area contributed by atoms with Gasteiger partial charge in [0.15, 0.2) is 5.78 Å². The number of allylic oxidation sites excluding steroid dienone is 1. The van der Waals surface area contributed by atoms with E-state index in [-0.39, 0.29) is 0 Å². The predicted octanol–water partition coefficient (Wildman–Crippen LogP) is 5.92. The molecule has 0 heterocycles. The molecule has 0 amide bonds. The van der Waals surface area contributed by atoms with Crippen LogP contribution in [0, 0.1) is 34.5 Å². The normalized spacial score (nSPS) is 49.2. The van der Waals surface area contributed by atoms with Gasteiger partial charge in [0.2, 0.25) is 0 Å². The highest BCUT2D eigenvalue weighted by atomic mass is 79.9. The van der Waals surface area contributed by atoms with Gasteiger partial charge in [0.25, 0.3) is 0 Å². The highest BCUT2D eigenvalue weighted by molar-refractivity contribution is 9.09. The Labute approximate surface area is 149 Å². The summed E-state index contributed by atoms with van der Waals surface area (Å²) < 4.78 is 0. The van der Waals surface area contributed by atoms with Gasteiger partial charge in [-0.1, -0.05) is 35.4 Å². The van der Waals surface area contributed by atoms with Crippen molar-refractivity contribution in [2.24, 2.45) is 34.5 Å². The van der Waals surface area contributed by atoms with Crippen LogP contribution in [0.2, 0.25) is 0 Å². The number of carbonyl (C=O) groups is 1. The van der Waals surface area contributed by atoms with Crippen molar-refractivity contribution >= 4 is 21.7 Å². The molecule has 0 aromatic heterocycles. The topological polar surface area (TPSA) is 17.1 Å². The average Bonchev–Trinajstić information content (AvgIpc) is 2.85. The van der Waals surface area contributed by atoms with Crippen molar-refractivity contribution in [2.45, 2.75) is 71.6 Å². The third-order valence-corrected chi connectivity index (χ3v) is 9.07. The van der Waals surface area contributed by atoms with Gasteiger partial charge in [-0.3, -0.25) is 4.79 Å². The molecular formula is C21H31BrO. The molecule has 0 radical (unpaired) electrons. The summed E-state index contributed by atoms with van der Waals surface area (Å²) in [6.07, 6.45) is 13.6. The predicted molar refractivity (Wildman–Crippen MR) is 98.6 cm³/mol. The average molecular weight is 379 g/mol. The van der Waals surface area contributed by atoms with Gasteiger partial charge < -0.3 is 0 Å². The number of rotatable bonds is 2. The number of carbonyl (C=O) groups excluding carboxylic acids is 1. The molecule has 0 saturated heterocycles. The van der Waals surface area contributed by atoms with E-state index in [0.717, 1.165) is 36.5 Å². The minimum absolute atomic E-state index is 0.339. The van der Waals surface area contributed by atoms with Gasteiger partial charge in [-0.15, -0.1) is 0 Å². The molecule has 0 aromatic carbocycles. The van der Waals surface area contributed by atoms with Crippen LogP contribution in [0.15, 0.2) is 11.6 Å². The zero-order valence-electron chi connectivity index (χ0n) is 14.7. The maximum atomic E-state index is 11.9. The zero-order valence-corrected chi connectivity index (χ0v) is 16.3. The van der Waals surface area contributed by atoms with Crippen LogP contribution < -0.4 is 0 Å². The highest BCUT2D eigenvalue weighted by Crippen LogP contribution is 2.66. The van der Waals surface area contributed by atoms with Crippen molar-refractivity contribution in [1.29, 1.82) is 0 Å². The summed E-state index contributed by atoms with van der Waals surface area (Å²) in [6, 6.07) is 0. The largest absolute Gasteiger partial charge is 0.295 e. The molecule has 0 aromatic rings. The van der Waals surface area contributed by atoms with Crippen LogP contribution >= 0.6 is 15.9 Å². The quantitative estimate of drug-likeness (QED) is 0.545. The first-order chi connectivity index (χ1) is 11.0. The summed E-state index contributed by atoms with van der Waals surface area (Å²) in [4.78, 5) is 11.9. The van der Waals surface area contributed by atoms with Crippen molar-refractivity contribution in [1.82, 2.24) is 0 Å². The Balaban J connectivity index is 1.63. The Morgan fingerprint density at radius 1 is 1.09 bits per heavy atom. The summed E-state index contributed by atoms with van der Waals surface area (Å²) in [5, 5.41) is 1.17. The minimum atomic E-state index is 0.339. The number of alkyl halides is 1. The smallest absolute Gasteiger partial charge is 0.155 e. The fraction of sp³-hybridized carbons (Fsp3) is 0.857. The Bertz CT molecular complexity index is 538. The maximum Gasteiger partial charge on any atom is 0.155 e. The minimum Gasteiger partial charge on any atom is -0.295 e. The third-order valence-electron chi connectivity index (χ3n) is 8.62. The van der Waals surface area contributed by atoms with Gasteiger partial charge in [-0.05, 0) is 91.9 Å². The zero-order chi connectivity index (χ0) is 16.2. The first-order valence-electron chi connectivity index (χ1n) is 9.79. The molecule has 128 valence electrons. The fourth-order valence-corrected chi connectivity index (χ4v) is 7.83. The number of fused-ring (bicyclic) bond motifs is 5. The molecule has 0 N–H and O–H groups in total. The molecule has 0 aliphatic heterocycles. The molecular weight excluding hydrogens is 348 g/mol. The summed E-state index contributed by atoms with van der Waals surface area (Å²) in [5.74, 6) is 4.03. The second kappa shape index (κ2) is 5.71. The monoisotopic (exact) mass is 378 g/mol. The van der Waals surface area contributed by atoms with E-state index in [2.05, 4.69) is 29.8 Å². The lowest BCUT2D eigenvalue weighted by atomic mass is 9.47. The van der Waals surface area contributed by atoms with Crippen LogP contribution in [0.4, 0.5) is 0 Å². The van der Waals surface area contributed by atoms with Crippen LogP contribution in [0.25, 0.3) is 0 Å². The lowest BCUT2D eigenvalue weighted by Crippen LogP contribution is -2.50. The van der Waals surface area contributed by atoms with Gasteiger partial charge in [0, 0.05) is 11.8 Å². The van der Waals surface area contributed by atoms with E-state index in [4.69, 9.17) is 0 Å². The number of hydrogen-bond donors (Lipinski definition) is 0. The van der Waals surface area contributed by atoms with E-state index in [1.807, 2.05) is 6.08 Å². The van der Waals surface area contributed by atoms with Crippen molar-refractivity contribution in [3.63, 3.8) is 0 Å². The second-order valence-corrected chi connectivity index (χ2v) is 10.1. The van der Waals surface area contributed by atoms with E-state index in [9.17, 15) is 4.79 Å². The molecule has 3 fully saturated rings. The first kappa shape index (κ1) is 16.4. The van der Waals surface area contributed by atoms with Crippen LogP contribution in [0.5, 0.6) is 0 Å². The van der Waals surface area contributed by atoms with Crippen LogP contribution in [-0.2, 0) is 4.79 Å². The molecule has 6 atom stereocenters. The van der Waals surface area contributed by atoms with Crippen LogP contribution in [0.3, 0.4) is 0 Å². The molecule has 23 heavy (non-hydrogen) atoms. The Morgan fingerprint density at radius 2 is 1.91 bits per heavy atom. The lowest BCUT2D eigenvalue weighted by Gasteiger charge is -2.58. The first-order valence-corrected chi connectivity index (χ1v) is 10.9. The molecule has 3 saturated carbocycles. The van der Waals surface area contributed by atoms with Gasteiger partial charge >= 0.3 is 0 Å². The van der Waals surface area contributed by atoms with Crippen molar-refractivity contribution in [2.75, 3.05) is 5.33 Å². The summed E-state index contributed by atoms with van der Waals surface area (Å²) in [6.45, 7) is 5.11. The van der Waals surface area contributed by atoms with Gasteiger partial charge in [0.1, 0.15) is 0 Å². The molecule has 5 unspecified atom stereocenters. The summed E-state index contributed by atoms with van der Waals surface area (Å²) in [7, 11) is 0. The Kier molecular flexibility index (Phi) is 4.06. The van der Waals surface area contributed by atoms with E-state index in [0.29, 0.717) is 16.6 Å². The second-order valence-electron chi connectivity index (χ2n) is 9.27. The molecule has 2 heteroatoms. The maximum absolute atomic E-state index is 11.9. The van der Waals surface area contributed by atoms with Crippen molar-refractivity contribution in [3.05, 3.63) is 11.6 Å². The molecule has 4 aliphatic rings. The van der Waals surface area contributed by atoms with E-state index < -0.39 is 0 Å². The molecule has 4 aliphatic carbocycles. The van der Waals surface area contributed by atoms with Crippen LogP contribution in [0.1, 0.15) is 71.6 Å². The third kappa shape index (κ3) is 2.34. The Morgan fingerprint density at radius 3 is 2.70 bits per heavy atom. The van der Waals surface area contributed by atoms with Crippen molar-refractivity contribution in [3.8, 4) is 0 Å². The van der Waals surface area contributed by atoms with Gasteiger partial charge in [0.05, 0.1) is 0 Å². The molecule has 1 nitrogen and oxygen atoms in total. The Hall–Kier alpha value is -0.110. The van der Waals surface area contributed by atoms with Gasteiger partial charge in [-0.25, -0.2) is 0 Å². The molecule has 0 bridgehead atoms. The number of halogens is 1. The summed E-state index contributed by atoms with van der Waals surface area (Å²) in [5.41, 5.74) is 2.44. The summed E-state index contributed by atoms with van der Waals surface area (Å²) >= 11 is 3.69.